The Hall–Kier alpha value is -1.21. The predicted octanol–water partition coefficient (Wildman–Crippen LogP) is 1.76. The largest absolute Gasteiger partial charge is 0.483 e. The summed E-state index contributed by atoms with van der Waals surface area (Å²) in [4.78, 5) is 21.7. The number of carboxylic acids is 1. The van der Waals surface area contributed by atoms with Crippen LogP contribution in [0.15, 0.2) is 28.7 Å². The van der Waals surface area contributed by atoms with Crippen LogP contribution in [0.5, 0.6) is 5.75 Å². The van der Waals surface area contributed by atoms with E-state index < -0.39 is 5.97 Å². The number of benzene rings is 1. The molecule has 0 saturated heterocycles. The zero-order valence-corrected chi connectivity index (χ0v) is 12.5. The number of nitrogens with one attached hydrogen (secondary N) is 1. The summed E-state index contributed by atoms with van der Waals surface area (Å²) in [7, 11) is 0. The van der Waals surface area contributed by atoms with Gasteiger partial charge in [-0.3, -0.25) is 9.59 Å². The molecule has 19 heavy (non-hydrogen) atoms. The Morgan fingerprint density at radius 1 is 1.37 bits per heavy atom. The number of halogens is 1. The van der Waals surface area contributed by atoms with Crippen LogP contribution >= 0.6 is 27.7 Å². The Bertz CT molecular complexity index is 441. The molecule has 0 unspecified atom stereocenters. The molecule has 2 N–H and O–H groups in total. The molecule has 7 heteroatoms. The Labute approximate surface area is 123 Å². The van der Waals surface area contributed by atoms with Crippen molar-refractivity contribution in [2.24, 2.45) is 0 Å². The Balaban J connectivity index is 2.15. The molecule has 0 aliphatic carbocycles. The van der Waals surface area contributed by atoms with E-state index in [1.807, 2.05) is 18.2 Å². The highest BCUT2D eigenvalue weighted by Crippen LogP contribution is 2.23. The number of carbonyl (C=O) groups excluding carboxylic acids is 1. The Morgan fingerprint density at radius 3 is 2.79 bits per heavy atom. The molecule has 5 nitrogen and oxygen atoms in total. The lowest BCUT2D eigenvalue weighted by atomic mass is 10.3. The SMILES string of the molecule is O=C(O)CSCCNC(=O)COc1ccccc1Br. The lowest BCUT2D eigenvalue weighted by molar-refractivity contribution is -0.133. The van der Waals surface area contributed by atoms with Gasteiger partial charge in [0.15, 0.2) is 6.61 Å². The zero-order chi connectivity index (χ0) is 14.1. The van der Waals surface area contributed by atoms with Crippen LogP contribution in [0.1, 0.15) is 0 Å². The summed E-state index contributed by atoms with van der Waals surface area (Å²) in [6.07, 6.45) is 0. The molecule has 0 aliphatic rings. The van der Waals surface area contributed by atoms with Crippen molar-refractivity contribution in [2.45, 2.75) is 0 Å². The molecule has 0 bridgehead atoms. The van der Waals surface area contributed by atoms with Gasteiger partial charge < -0.3 is 15.2 Å². The highest BCUT2D eigenvalue weighted by Gasteiger charge is 2.04. The van der Waals surface area contributed by atoms with Gasteiger partial charge in [0.05, 0.1) is 10.2 Å². The summed E-state index contributed by atoms with van der Waals surface area (Å²) >= 11 is 4.58. The minimum atomic E-state index is -0.853. The maximum absolute atomic E-state index is 11.4. The van der Waals surface area contributed by atoms with Crippen LogP contribution in [0.4, 0.5) is 0 Å². The van der Waals surface area contributed by atoms with Crippen molar-refractivity contribution in [2.75, 3.05) is 24.7 Å². The summed E-state index contributed by atoms with van der Waals surface area (Å²) in [5, 5.41) is 11.1. The number of aliphatic carboxylic acids is 1. The first-order chi connectivity index (χ1) is 9.09. The third kappa shape index (κ3) is 7.07. The van der Waals surface area contributed by atoms with Crippen LogP contribution in [0, 0.1) is 0 Å². The molecule has 0 heterocycles. The van der Waals surface area contributed by atoms with Gasteiger partial charge in [-0.2, -0.15) is 0 Å². The summed E-state index contributed by atoms with van der Waals surface area (Å²) in [6.45, 7) is 0.363. The number of amides is 1. The molecular formula is C12H14BrNO4S. The highest BCUT2D eigenvalue weighted by atomic mass is 79.9. The molecule has 104 valence electrons. The molecule has 1 aromatic carbocycles. The first-order valence-corrected chi connectivity index (χ1v) is 7.48. The monoisotopic (exact) mass is 347 g/mol. The highest BCUT2D eigenvalue weighted by molar-refractivity contribution is 9.10. The molecule has 1 rings (SSSR count). The molecule has 0 aliphatic heterocycles. The molecular weight excluding hydrogens is 334 g/mol. The van der Waals surface area contributed by atoms with E-state index >= 15 is 0 Å². The summed E-state index contributed by atoms with van der Waals surface area (Å²) in [5.74, 6) is 0.134. The van der Waals surface area contributed by atoms with Crippen molar-refractivity contribution < 1.29 is 19.4 Å². The fraction of sp³-hybridized carbons (Fsp3) is 0.333. The van der Waals surface area contributed by atoms with Crippen molar-refractivity contribution >= 4 is 39.6 Å². The molecule has 0 radical (unpaired) electrons. The minimum absolute atomic E-state index is 0.0450. The van der Waals surface area contributed by atoms with Crippen LogP contribution in [-0.4, -0.2) is 41.6 Å². The normalized spacial score (nSPS) is 9.95. The maximum atomic E-state index is 11.4. The lowest BCUT2D eigenvalue weighted by Gasteiger charge is -2.08. The topological polar surface area (TPSA) is 75.6 Å². The van der Waals surface area contributed by atoms with E-state index in [1.165, 1.54) is 11.8 Å². The summed E-state index contributed by atoms with van der Waals surface area (Å²) in [6, 6.07) is 7.27. The van der Waals surface area contributed by atoms with Gasteiger partial charge >= 0.3 is 5.97 Å². The number of hydrogen-bond acceptors (Lipinski definition) is 4. The number of hydrogen-bond donors (Lipinski definition) is 2. The van der Waals surface area contributed by atoms with Gasteiger partial charge in [0.25, 0.3) is 5.91 Å². The number of rotatable bonds is 8. The van der Waals surface area contributed by atoms with Gasteiger partial charge in [0, 0.05) is 12.3 Å². The quantitative estimate of drug-likeness (QED) is 0.701. The van der Waals surface area contributed by atoms with E-state index in [-0.39, 0.29) is 18.3 Å². The van der Waals surface area contributed by atoms with Gasteiger partial charge in [0.1, 0.15) is 5.75 Å². The third-order valence-electron chi connectivity index (χ3n) is 1.99. The fourth-order valence-electron chi connectivity index (χ4n) is 1.18. The van der Waals surface area contributed by atoms with E-state index in [2.05, 4.69) is 21.2 Å². The van der Waals surface area contributed by atoms with Crippen molar-refractivity contribution in [1.29, 1.82) is 0 Å². The fourth-order valence-corrected chi connectivity index (χ4v) is 2.14. The van der Waals surface area contributed by atoms with Gasteiger partial charge in [0.2, 0.25) is 0 Å². The van der Waals surface area contributed by atoms with E-state index in [4.69, 9.17) is 9.84 Å². The first-order valence-electron chi connectivity index (χ1n) is 5.53. The van der Waals surface area contributed by atoms with Crippen LogP contribution in [0.2, 0.25) is 0 Å². The van der Waals surface area contributed by atoms with Crippen LogP contribution in [-0.2, 0) is 9.59 Å². The number of para-hydroxylation sites is 1. The van der Waals surface area contributed by atoms with Crippen LogP contribution in [0.3, 0.4) is 0 Å². The molecule has 1 aromatic rings. The van der Waals surface area contributed by atoms with Crippen molar-refractivity contribution in [3.63, 3.8) is 0 Å². The van der Waals surface area contributed by atoms with Gasteiger partial charge in [-0.1, -0.05) is 12.1 Å². The van der Waals surface area contributed by atoms with Crippen LogP contribution < -0.4 is 10.1 Å². The average molecular weight is 348 g/mol. The third-order valence-corrected chi connectivity index (χ3v) is 3.59. The van der Waals surface area contributed by atoms with E-state index in [1.54, 1.807) is 6.07 Å². The number of carbonyl (C=O) groups is 2. The zero-order valence-electron chi connectivity index (χ0n) is 10.1. The second kappa shape index (κ2) is 8.82. The number of carboxylic acid groups (broad SMARTS) is 1. The summed E-state index contributed by atoms with van der Waals surface area (Å²) in [5.41, 5.74) is 0. The molecule has 0 aromatic heterocycles. The molecule has 0 fully saturated rings. The van der Waals surface area contributed by atoms with Crippen molar-refractivity contribution in [3.05, 3.63) is 28.7 Å². The first kappa shape index (κ1) is 15.8. The number of ether oxygens (including phenoxy) is 1. The average Bonchev–Trinajstić information content (AvgIpc) is 2.37. The minimum Gasteiger partial charge on any atom is -0.483 e. The van der Waals surface area contributed by atoms with Gasteiger partial charge in [-0.05, 0) is 28.1 Å². The predicted molar refractivity (Wildman–Crippen MR) is 77.6 cm³/mol. The standard InChI is InChI=1S/C12H14BrNO4S/c13-9-3-1-2-4-10(9)18-7-11(15)14-5-6-19-8-12(16)17/h1-4H,5-8H2,(H,14,15)(H,16,17). The molecule has 0 spiro atoms. The summed E-state index contributed by atoms with van der Waals surface area (Å²) < 4.78 is 6.13. The Kier molecular flexibility index (Phi) is 7.35. The lowest BCUT2D eigenvalue weighted by Crippen LogP contribution is -2.30. The van der Waals surface area contributed by atoms with E-state index in [0.717, 1.165) is 4.47 Å². The van der Waals surface area contributed by atoms with E-state index in [0.29, 0.717) is 18.0 Å². The number of thioether (sulfide) groups is 1. The van der Waals surface area contributed by atoms with E-state index in [9.17, 15) is 9.59 Å². The van der Waals surface area contributed by atoms with Crippen molar-refractivity contribution in [1.82, 2.24) is 5.32 Å². The second-order valence-corrected chi connectivity index (χ2v) is 5.47. The van der Waals surface area contributed by atoms with Gasteiger partial charge in [-0.15, -0.1) is 11.8 Å². The van der Waals surface area contributed by atoms with Crippen molar-refractivity contribution in [3.8, 4) is 5.75 Å². The van der Waals surface area contributed by atoms with Gasteiger partial charge in [-0.25, -0.2) is 0 Å². The molecule has 0 atom stereocenters. The maximum Gasteiger partial charge on any atom is 0.313 e. The Morgan fingerprint density at radius 2 is 2.11 bits per heavy atom. The molecule has 1 amide bonds. The molecule has 0 saturated carbocycles. The van der Waals surface area contributed by atoms with Crippen LogP contribution in [0.25, 0.3) is 0 Å². The smallest absolute Gasteiger partial charge is 0.313 e. The second-order valence-electron chi connectivity index (χ2n) is 3.52.